The summed E-state index contributed by atoms with van der Waals surface area (Å²) in [5.41, 5.74) is 1.83. The van der Waals surface area contributed by atoms with Gasteiger partial charge in [-0.15, -0.1) is 0 Å². The molecule has 1 aromatic rings. The summed E-state index contributed by atoms with van der Waals surface area (Å²) in [6, 6.07) is 2.17. The van der Waals surface area contributed by atoms with Crippen LogP contribution < -0.4 is 5.32 Å². The Morgan fingerprint density at radius 1 is 1.32 bits per heavy atom. The summed E-state index contributed by atoms with van der Waals surface area (Å²) in [6.07, 6.45) is 6.13. The highest BCUT2D eigenvalue weighted by atomic mass is 16.2. The number of aryl methyl sites for hydroxylation is 1. The third-order valence-corrected chi connectivity index (χ3v) is 5.69. The number of anilines is 1. The molecule has 0 spiro atoms. The quantitative estimate of drug-likeness (QED) is 0.893. The van der Waals surface area contributed by atoms with Crippen molar-refractivity contribution in [2.24, 2.45) is 0 Å². The summed E-state index contributed by atoms with van der Waals surface area (Å²) in [5.74, 6) is 1.17. The molecule has 25 heavy (non-hydrogen) atoms. The molecule has 1 N–H and O–H groups in total. The summed E-state index contributed by atoms with van der Waals surface area (Å²) in [6.45, 7) is 6.54. The van der Waals surface area contributed by atoms with Crippen molar-refractivity contribution in [3.63, 3.8) is 0 Å². The van der Waals surface area contributed by atoms with Crippen LogP contribution in [0.2, 0.25) is 0 Å². The molecular weight excluding hydrogens is 316 g/mol. The minimum Gasteiger partial charge on any atom is -0.365 e. The lowest BCUT2D eigenvalue weighted by atomic mass is 9.91. The average Bonchev–Trinajstić information content (AvgIpc) is 3.21. The van der Waals surface area contributed by atoms with E-state index >= 15 is 0 Å². The zero-order chi connectivity index (χ0) is 17.6. The van der Waals surface area contributed by atoms with Gasteiger partial charge in [0, 0.05) is 37.8 Å². The summed E-state index contributed by atoms with van der Waals surface area (Å²) < 4.78 is 0. The van der Waals surface area contributed by atoms with Crippen LogP contribution in [-0.4, -0.2) is 57.8 Å². The molecule has 3 aliphatic rings. The van der Waals surface area contributed by atoms with E-state index in [1.165, 1.54) is 0 Å². The minimum absolute atomic E-state index is 0.0364. The van der Waals surface area contributed by atoms with Crippen molar-refractivity contribution in [1.82, 2.24) is 14.8 Å². The van der Waals surface area contributed by atoms with Crippen LogP contribution in [0.1, 0.15) is 55.5 Å². The second-order valence-corrected chi connectivity index (χ2v) is 8.12. The number of amides is 2. The molecule has 1 atom stereocenters. The predicted molar refractivity (Wildman–Crippen MR) is 95.5 cm³/mol. The molecule has 1 aromatic heterocycles. The van der Waals surface area contributed by atoms with E-state index in [0.717, 1.165) is 50.2 Å². The summed E-state index contributed by atoms with van der Waals surface area (Å²) >= 11 is 0. The van der Waals surface area contributed by atoms with Gasteiger partial charge in [-0.1, -0.05) is 0 Å². The Bertz CT molecular complexity index is 715. The molecule has 0 aliphatic carbocycles. The van der Waals surface area contributed by atoms with Crippen LogP contribution >= 0.6 is 0 Å². The van der Waals surface area contributed by atoms with E-state index in [1.54, 1.807) is 6.20 Å². The van der Waals surface area contributed by atoms with Gasteiger partial charge in [-0.25, -0.2) is 4.98 Å². The Kier molecular flexibility index (Phi) is 3.93. The van der Waals surface area contributed by atoms with E-state index in [-0.39, 0.29) is 23.4 Å². The molecule has 6 nitrogen and oxygen atoms in total. The van der Waals surface area contributed by atoms with E-state index in [2.05, 4.69) is 24.1 Å². The molecule has 2 saturated heterocycles. The van der Waals surface area contributed by atoms with E-state index in [9.17, 15) is 9.59 Å². The van der Waals surface area contributed by atoms with Gasteiger partial charge in [0.25, 0.3) is 5.91 Å². The van der Waals surface area contributed by atoms with Crippen molar-refractivity contribution >= 4 is 17.6 Å². The fourth-order valence-corrected chi connectivity index (χ4v) is 4.18. The maximum Gasteiger partial charge on any atom is 0.255 e. The molecule has 2 fully saturated rings. The van der Waals surface area contributed by atoms with Crippen LogP contribution in [0, 0.1) is 0 Å². The fourth-order valence-electron chi connectivity index (χ4n) is 4.18. The van der Waals surface area contributed by atoms with Gasteiger partial charge in [0.15, 0.2) is 0 Å². The van der Waals surface area contributed by atoms with Gasteiger partial charge in [-0.3, -0.25) is 9.59 Å². The van der Waals surface area contributed by atoms with Crippen molar-refractivity contribution in [3.05, 3.63) is 23.4 Å². The maximum atomic E-state index is 12.9. The van der Waals surface area contributed by atoms with Crippen molar-refractivity contribution in [2.45, 2.75) is 57.5 Å². The molecule has 2 amide bonds. The first-order valence-corrected chi connectivity index (χ1v) is 9.29. The number of nitrogens with zero attached hydrogens (tertiary/aromatic N) is 3. The number of aromatic nitrogens is 1. The van der Waals surface area contributed by atoms with Crippen molar-refractivity contribution in [1.29, 1.82) is 0 Å². The number of fused-ring (bicyclic) bond motifs is 1. The van der Waals surface area contributed by atoms with Gasteiger partial charge < -0.3 is 15.1 Å². The number of carbonyl (C=O) groups is 2. The SMILES string of the molecule is CC1(C)CCc2cc(C(=O)N3CC[C@H](N4CCCC4=O)C3)cnc2N1. The molecule has 0 aromatic carbocycles. The molecule has 4 rings (SSSR count). The van der Waals surface area contributed by atoms with Crippen molar-refractivity contribution < 1.29 is 9.59 Å². The molecule has 134 valence electrons. The van der Waals surface area contributed by atoms with Crippen LogP contribution in [0.5, 0.6) is 0 Å². The summed E-state index contributed by atoms with van der Waals surface area (Å²) in [7, 11) is 0. The van der Waals surface area contributed by atoms with Gasteiger partial charge in [0.05, 0.1) is 11.6 Å². The number of hydrogen-bond acceptors (Lipinski definition) is 4. The van der Waals surface area contributed by atoms with E-state index in [1.807, 2.05) is 15.9 Å². The Morgan fingerprint density at radius 2 is 2.16 bits per heavy atom. The van der Waals surface area contributed by atoms with Crippen molar-refractivity contribution in [2.75, 3.05) is 25.0 Å². The van der Waals surface area contributed by atoms with Crippen molar-refractivity contribution in [3.8, 4) is 0 Å². The van der Waals surface area contributed by atoms with Gasteiger partial charge >= 0.3 is 0 Å². The number of likely N-dealkylation sites (tertiary alicyclic amines) is 2. The van der Waals surface area contributed by atoms with Gasteiger partial charge in [-0.2, -0.15) is 0 Å². The number of carbonyl (C=O) groups excluding carboxylic acids is 2. The first-order valence-electron chi connectivity index (χ1n) is 9.29. The Morgan fingerprint density at radius 3 is 2.92 bits per heavy atom. The highest BCUT2D eigenvalue weighted by Crippen LogP contribution is 2.30. The number of rotatable bonds is 2. The Hall–Kier alpha value is -2.11. The molecule has 0 saturated carbocycles. The predicted octanol–water partition coefficient (Wildman–Crippen LogP) is 2.06. The lowest BCUT2D eigenvalue weighted by molar-refractivity contribution is -0.129. The lowest BCUT2D eigenvalue weighted by Crippen LogP contribution is -2.39. The van der Waals surface area contributed by atoms with Gasteiger partial charge in [0.1, 0.15) is 5.82 Å². The maximum absolute atomic E-state index is 12.9. The third-order valence-electron chi connectivity index (χ3n) is 5.69. The minimum atomic E-state index is 0.0364. The van der Waals surface area contributed by atoms with Crippen LogP contribution in [0.25, 0.3) is 0 Å². The largest absolute Gasteiger partial charge is 0.365 e. The second kappa shape index (κ2) is 6.00. The molecule has 0 unspecified atom stereocenters. The molecular formula is C19H26N4O2. The van der Waals surface area contributed by atoms with E-state index < -0.39 is 0 Å². The molecule has 0 radical (unpaired) electrons. The molecule has 6 heteroatoms. The molecule has 0 bridgehead atoms. The zero-order valence-corrected chi connectivity index (χ0v) is 15.0. The van der Waals surface area contributed by atoms with E-state index in [4.69, 9.17) is 0 Å². The second-order valence-electron chi connectivity index (χ2n) is 8.12. The Balaban J connectivity index is 1.46. The summed E-state index contributed by atoms with van der Waals surface area (Å²) in [4.78, 5) is 33.1. The van der Waals surface area contributed by atoms with Crippen LogP contribution in [0.3, 0.4) is 0 Å². The smallest absolute Gasteiger partial charge is 0.255 e. The average molecular weight is 342 g/mol. The highest BCUT2D eigenvalue weighted by Gasteiger charge is 2.35. The van der Waals surface area contributed by atoms with E-state index in [0.29, 0.717) is 18.5 Å². The fraction of sp³-hybridized carbons (Fsp3) is 0.632. The first kappa shape index (κ1) is 16.4. The number of pyridine rings is 1. The van der Waals surface area contributed by atoms with Crippen LogP contribution in [0.15, 0.2) is 12.3 Å². The Labute approximate surface area is 148 Å². The van der Waals surface area contributed by atoms with Gasteiger partial charge in [0.2, 0.25) is 5.91 Å². The van der Waals surface area contributed by atoms with Crippen LogP contribution in [-0.2, 0) is 11.2 Å². The normalized spacial score (nSPS) is 25.0. The molecule has 4 heterocycles. The number of nitrogens with one attached hydrogen (secondary N) is 1. The molecule has 3 aliphatic heterocycles. The first-order chi connectivity index (χ1) is 11.9. The number of hydrogen-bond donors (Lipinski definition) is 1. The zero-order valence-electron chi connectivity index (χ0n) is 15.0. The van der Waals surface area contributed by atoms with Crippen LogP contribution in [0.4, 0.5) is 5.82 Å². The van der Waals surface area contributed by atoms with Gasteiger partial charge in [-0.05, 0) is 51.2 Å². The third kappa shape index (κ3) is 3.10. The standard InChI is InChI=1S/C19H26N4O2/c1-19(2)7-5-13-10-14(11-20-17(13)21-19)18(25)22-9-6-15(12-22)23-8-3-4-16(23)24/h10-11,15H,3-9,12H2,1-2H3,(H,20,21)/t15-/m0/s1. The highest BCUT2D eigenvalue weighted by molar-refractivity contribution is 5.94. The lowest BCUT2D eigenvalue weighted by Gasteiger charge is -2.33. The summed E-state index contributed by atoms with van der Waals surface area (Å²) in [5, 5.41) is 3.44. The monoisotopic (exact) mass is 342 g/mol. The topological polar surface area (TPSA) is 65.5 Å².